The van der Waals surface area contributed by atoms with Gasteiger partial charge in [0.1, 0.15) is 5.75 Å². The van der Waals surface area contributed by atoms with Gasteiger partial charge in [0.05, 0.1) is 11.1 Å². The number of nitrogens with one attached hydrogen (secondary N) is 1. The van der Waals surface area contributed by atoms with Gasteiger partial charge in [-0.15, -0.1) is 0 Å². The molecule has 0 heterocycles. The number of hydrogen-bond donors (Lipinski definition) is 2. The number of carbonyl (C=O) groups excluding carboxylic acids is 1. The van der Waals surface area contributed by atoms with Gasteiger partial charge in [0.15, 0.2) is 6.61 Å². The van der Waals surface area contributed by atoms with Gasteiger partial charge in [0.25, 0.3) is 5.91 Å². The molecule has 2 rings (SSSR count). The van der Waals surface area contributed by atoms with Gasteiger partial charge in [0, 0.05) is 12.5 Å². The Bertz CT molecular complexity index is 646. The first-order chi connectivity index (χ1) is 11.6. The third-order valence-electron chi connectivity index (χ3n) is 3.64. The van der Waals surface area contributed by atoms with Crippen molar-refractivity contribution >= 4 is 17.5 Å². The van der Waals surface area contributed by atoms with Crippen molar-refractivity contribution in [1.29, 1.82) is 0 Å². The SMILES string of the molecule is CC(O)CC(CNC(=O)COc1ccccc1Cl)c1ccccc1. The average Bonchev–Trinajstić information content (AvgIpc) is 2.58. The molecule has 2 unspecified atom stereocenters. The number of rotatable bonds is 8. The predicted molar refractivity (Wildman–Crippen MR) is 95.4 cm³/mol. The monoisotopic (exact) mass is 347 g/mol. The van der Waals surface area contributed by atoms with Crippen molar-refractivity contribution in [3.05, 3.63) is 65.2 Å². The summed E-state index contributed by atoms with van der Waals surface area (Å²) in [6.07, 6.45) is 0.141. The number of amides is 1. The average molecular weight is 348 g/mol. The third kappa shape index (κ3) is 5.87. The lowest BCUT2D eigenvalue weighted by molar-refractivity contribution is -0.123. The number of para-hydroxylation sites is 1. The van der Waals surface area contributed by atoms with Crippen molar-refractivity contribution in [2.24, 2.45) is 0 Å². The highest BCUT2D eigenvalue weighted by Crippen LogP contribution is 2.23. The van der Waals surface area contributed by atoms with Crippen LogP contribution in [0, 0.1) is 0 Å². The van der Waals surface area contributed by atoms with Crippen molar-refractivity contribution in [1.82, 2.24) is 5.32 Å². The molecule has 0 aliphatic rings. The maximum atomic E-state index is 12.0. The number of ether oxygens (including phenoxy) is 1. The maximum absolute atomic E-state index is 12.0. The number of aliphatic hydroxyl groups excluding tert-OH is 1. The molecule has 0 aliphatic heterocycles. The van der Waals surface area contributed by atoms with Crippen LogP contribution in [0.1, 0.15) is 24.8 Å². The number of hydrogen-bond acceptors (Lipinski definition) is 3. The van der Waals surface area contributed by atoms with Gasteiger partial charge in [-0.05, 0) is 31.0 Å². The van der Waals surface area contributed by atoms with E-state index in [9.17, 15) is 9.90 Å². The van der Waals surface area contributed by atoms with Gasteiger partial charge in [-0.3, -0.25) is 4.79 Å². The van der Waals surface area contributed by atoms with E-state index in [4.69, 9.17) is 16.3 Å². The summed E-state index contributed by atoms with van der Waals surface area (Å²) in [5, 5.41) is 13.0. The van der Waals surface area contributed by atoms with Crippen LogP contribution in [0.5, 0.6) is 5.75 Å². The van der Waals surface area contributed by atoms with E-state index in [1.165, 1.54) is 0 Å². The Morgan fingerprint density at radius 2 is 1.83 bits per heavy atom. The molecule has 0 saturated heterocycles. The van der Waals surface area contributed by atoms with E-state index >= 15 is 0 Å². The van der Waals surface area contributed by atoms with E-state index in [0.29, 0.717) is 23.7 Å². The standard InChI is InChI=1S/C19H22ClNO3/c1-14(22)11-16(15-7-3-2-4-8-15)12-21-19(23)13-24-18-10-6-5-9-17(18)20/h2-10,14,16,22H,11-13H2,1H3,(H,21,23). The Balaban J connectivity index is 1.87. The highest BCUT2D eigenvalue weighted by Gasteiger charge is 2.15. The molecule has 2 aromatic rings. The molecule has 5 heteroatoms. The zero-order chi connectivity index (χ0) is 17.4. The summed E-state index contributed by atoms with van der Waals surface area (Å²) < 4.78 is 5.42. The molecule has 128 valence electrons. The van der Waals surface area contributed by atoms with E-state index in [0.717, 1.165) is 5.56 Å². The van der Waals surface area contributed by atoms with Gasteiger partial charge in [-0.2, -0.15) is 0 Å². The Morgan fingerprint density at radius 1 is 1.17 bits per heavy atom. The van der Waals surface area contributed by atoms with E-state index in [1.54, 1.807) is 31.2 Å². The first kappa shape index (κ1) is 18.3. The van der Waals surface area contributed by atoms with Gasteiger partial charge in [0.2, 0.25) is 0 Å². The Labute approximate surface area is 147 Å². The first-order valence-electron chi connectivity index (χ1n) is 7.93. The van der Waals surface area contributed by atoms with E-state index in [-0.39, 0.29) is 18.4 Å². The molecule has 0 saturated carbocycles. The van der Waals surface area contributed by atoms with E-state index < -0.39 is 6.10 Å². The van der Waals surface area contributed by atoms with Crippen LogP contribution in [0.15, 0.2) is 54.6 Å². The molecule has 0 bridgehead atoms. The quantitative estimate of drug-likeness (QED) is 0.769. The number of benzene rings is 2. The normalized spacial score (nSPS) is 13.1. The highest BCUT2D eigenvalue weighted by molar-refractivity contribution is 6.32. The minimum absolute atomic E-state index is 0.0514. The van der Waals surface area contributed by atoms with Crippen molar-refractivity contribution in [3.63, 3.8) is 0 Å². The summed E-state index contributed by atoms with van der Waals surface area (Å²) in [6, 6.07) is 16.9. The Morgan fingerprint density at radius 3 is 2.50 bits per heavy atom. The van der Waals surface area contributed by atoms with Crippen LogP contribution in [0.3, 0.4) is 0 Å². The molecule has 24 heavy (non-hydrogen) atoms. The Kier molecular flexibility index (Phi) is 7.09. The lowest BCUT2D eigenvalue weighted by Gasteiger charge is -2.19. The summed E-state index contributed by atoms with van der Waals surface area (Å²) in [5.74, 6) is 0.315. The summed E-state index contributed by atoms with van der Waals surface area (Å²) in [6.45, 7) is 2.10. The third-order valence-corrected chi connectivity index (χ3v) is 3.95. The second-order valence-electron chi connectivity index (χ2n) is 5.72. The van der Waals surface area contributed by atoms with Crippen LogP contribution in [0.25, 0.3) is 0 Å². The smallest absolute Gasteiger partial charge is 0.257 e. The molecule has 0 spiro atoms. The second kappa shape index (κ2) is 9.30. The zero-order valence-corrected chi connectivity index (χ0v) is 14.4. The molecule has 2 N–H and O–H groups in total. The summed E-state index contributed by atoms with van der Waals surface area (Å²) >= 11 is 5.99. The van der Waals surface area contributed by atoms with Gasteiger partial charge in [-0.1, -0.05) is 54.1 Å². The lowest BCUT2D eigenvalue weighted by atomic mass is 9.93. The predicted octanol–water partition coefficient (Wildman–Crippen LogP) is 3.39. The van der Waals surface area contributed by atoms with Crippen molar-refractivity contribution < 1.29 is 14.6 Å². The van der Waals surface area contributed by atoms with Crippen LogP contribution >= 0.6 is 11.6 Å². The largest absolute Gasteiger partial charge is 0.482 e. The van der Waals surface area contributed by atoms with Crippen LogP contribution < -0.4 is 10.1 Å². The molecule has 1 amide bonds. The van der Waals surface area contributed by atoms with Crippen LogP contribution in [-0.4, -0.2) is 30.3 Å². The lowest BCUT2D eigenvalue weighted by Crippen LogP contribution is -2.33. The molecule has 2 atom stereocenters. The highest BCUT2D eigenvalue weighted by atomic mass is 35.5. The molecule has 0 aliphatic carbocycles. The van der Waals surface area contributed by atoms with E-state index in [2.05, 4.69) is 5.32 Å². The van der Waals surface area contributed by atoms with Crippen molar-refractivity contribution in [2.45, 2.75) is 25.4 Å². The molecular formula is C19H22ClNO3. The number of aliphatic hydroxyl groups is 1. The molecule has 0 radical (unpaired) electrons. The fraction of sp³-hybridized carbons (Fsp3) is 0.316. The molecule has 2 aromatic carbocycles. The number of halogens is 1. The second-order valence-corrected chi connectivity index (χ2v) is 6.12. The summed E-state index contributed by atoms with van der Waals surface area (Å²) in [4.78, 5) is 12.0. The molecule has 0 aromatic heterocycles. The topological polar surface area (TPSA) is 58.6 Å². The van der Waals surface area contributed by atoms with E-state index in [1.807, 2.05) is 30.3 Å². The summed E-state index contributed by atoms with van der Waals surface area (Å²) in [5.41, 5.74) is 1.09. The minimum atomic E-state index is -0.438. The fourth-order valence-corrected chi connectivity index (χ4v) is 2.66. The number of carbonyl (C=O) groups is 1. The van der Waals surface area contributed by atoms with Crippen molar-refractivity contribution in [3.8, 4) is 5.75 Å². The molecule has 0 fully saturated rings. The van der Waals surface area contributed by atoms with Gasteiger partial charge >= 0.3 is 0 Å². The fourth-order valence-electron chi connectivity index (χ4n) is 2.47. The zero-order valence-electron chi connectivity index (χ0n) is 13.6. The first-order valence-corrected chi connectivity index (χ1v) is 8.31. The summed E-state index contributed by atoms with van der Waals surface area (Å²) in [7, 11) is 0. The Hall–Kier alpha value is -2.04. The van der Waals surface area contributed by atoms with Crippen molar-refractivity contribution in [2.75, 3.05) is 13.2 Å². The minimum Gasteiger partial charge on any atom is -0.482 e. The van der Waals surface area contributed by atoms with Gasteiger partial charge < -0.3 is 15.2 Å². The van der Waals surface area contributed by atoms with Crippen LogP contribution in [0.2, 0.25) is 5.02 Å². The van der Waals surface area contributed by atoms with Crippen LogP contribution in [0.4, 0.5) is 0 Å². The van der Waals surface area contributed by atoms with Crippen LogP contribution in [-0.2, 0) is 4.79 Å². The van der Waals surface area contributed by atoms with Gasteiger partial charge in [-0.25, -0.2) is 0 Å². The maximum Gasteiger partial charge on any atom is 0.257 e. The molecule has 4 nitrogen and oxygen atoms in total. The molecular weight excluding hydrogens is 326 g/mol.